The van der Waals surface area contributed by atoms with Crippen LogP contribution in [0.15, 0.2) is 85.2 Å². The van der Waals surface area contributed by atoms with Gasteiger partial charge in [0.2, 0.25) is 0 Å². The molecule has 0 amide bonds. The number of rotatable bonds is 10. The number of nitrogens with one attached hydrogen (secondary N) is 3. The average molecular weight is 1230 g/mol. The molecule has 0 saturated carbocycles. The van der Waals surface area contributed by atoms with Gasteiger partial charge >= 0.3 is 0 Å². The van der Waals surface area contributed by atoms with Crippen molar-refractivity contribution in [3.63, 3.8) is 0 Å². The lowest BCUT2D eigenvalue weighted by Gasteiger charge is -2.35. The fourth-order valence-corrected chi connectivity index (χ4v) is 12.3. The normalized spacial score (nSPS) is 17.2. The third-order valence-corrected chi connectivity index (χ3v) is 17.3. The number of benzene rings is 4. The SMILES string of the molecule is C.C.CN1CCC(COc2ccc(I)c3c2[nH]c2ncc(Cl)cc23)CC1.Cc1cc(N)ccc1N1CCN(C)CC1.Cc1cc(Nc2ccc(OCC3CCN(C)CC3)c3[nH]c4ncc(Cl)cc4c23)ccc1N1CCN(C)CC1. The van der Waals surface area contributed by atoms with Crippen molar-refractivity contribution in [2.45, 2.75) is 54.4 Å². The number of nitrogen functional groups attached to an aromatic ring is 1. The fourth-order valence-electron chi connectivity index (χ4n) is 11.2. The molecule has 0 bridgehead atoms. The van der Waals surface area contributed by atoms with Crippen LogP contribution in [0.4, 0.5) is 28.4 Å². The largest absolute Gasteiger partial charge is 0.491 e. The van der Waals surface area contributed by atoms with Crippen molar-refractivity contribution in [3.8, 4) is 11.5 Å². The standard InChI is InChI=1S/C30H37ClN6O.C18H19ClIN3O.C12H19N3.2CH4/c1-20-16-23(4-6-26(20)37-14-12-36(3)13-15-37)33-25-5-7-27(38-19-21-8-10-35(2)11-9-21)29-28(25)24-17-22(31)18-32-30(24)34-29;1-23-6-4-11(5-7-23)10-24-15-3-2-14(20)16-13-8-12(19)9-21-18(13)22-17(15)16;1-10-9-11(13)3-4-12(10)15-7-5-14(2)6-8-15;;/h4-7,16-18,21,33H,8-15,19H2,1-3H3,(H,32,34);2-3,8-9,11H,4-7,10H2,1H3,(H,21,22);3-4,9H,5-8,13H2,1-2H3;2*1H4. The third-order valence-electron chi connectivity index (χ3n) is 16.0. The molecule has 4 fully saturated rings. The maximum Gasteiger partial charge on any atom is 0.143 e. The van der Waals surface area contributed by atoms with Crippen molar-refractivity contribution in [2.24, 2.45) is 11.8 Å². The monoisotopic (exact) mass is 1220 g/mol. The molecule has 8 heterocycles. The number of aromatic nitrogens is 4. The molecule has 4 saturated heterocycles. The zero-order valence-electron chi connectivity index (χ0n) is 45.6. The van der Waals surface area contributed by atoms with Crippen LogP contribution >= 0.6 is 45.8 Å². The molecule has 4 aromatic heterocycles. The molecule has 5 N–H and O–H groups in total. The second-order valence-corrected chi connectivity index (χ2v) is 23.9. The second-order valence-electron chi connectivity index (χ2n) is 21.9. The molecular formula is C62H83Cl2IN12O2. The van der Waals surface area contributed by atoms with Crippen molar-refractivity contribution in [1.82, 2.24) is 39.5 Å². The number of ether oxygens (including phenoxy) is 2. The summed E-state index contributed by atoms with van der Waals surface area (Å²) in [5.74, 6) is 2.98. The first-order chi connectivity index (χ1) is 37.2. The van der Waals surface area contributed by atoms with Gasteiger partial charge in [0.15, 0.2) is 0 Å². The third kappa shape index (κ3) is 14.4. The number of halogens is 3. The van der Waals surface area contributed by atoms with Gasteiger partial charge in [-0.3, -0.25) is 0 Å². The van der Waals surface area contributed by atoms with E-state index in [2.05, 4.69) is 168 Å². The van der Waals surface area contributed by atoms with Crippen molar-refractivity contribution in [2.75, 3.05) is 141 Å². The molecule has 0 atom stereocenters. The highest BCUT2D eigenvalue weighted by Crippen LogP contribution is 2.40. The highest BCUT2D eigenvalue weighted by Gasteiger charge is 2.23. The van der Waals surface area contributed by atoms with E-state index in [0.29, 0.717) is 21.9 Å². The Balaban J connectivity index is 0.000000171. The molecule has 14 nitrogen and oxygen atoms in total. The van der Waals surface area contributed by atoms with E-state index in [1.807, 2.05) is 24.3 Å². The number of aromatic amines is 2. The number of hydrogen-bond donors (Lipinski definition) is 4. The number of pyridine rings is 2. The Bertz CT molecular complexity index is 3300. The fraction of sp³-hybridized carbons (Fsp3) is 0.452. The highest BCUT2D eigenvalue weighted by atomic mass is 127. The van der Waals surface area contributed by atoms with Crippen LogP contribution in [0.25, 0.3) is 43.9 Å². The Morgan fingerprint density at radius 3 is 1.51 bits per heavy atom. The maximum atomic E-state index is 6.42. The molecule has 12 rings (SSSR count). The first kappa shape index (κ1) is 59.8. The molecule has 4 aliphatic rings. The van der Waals surface area contributed by atoms with E-state index in [9.17, 15) is 0 Å². The van der Waals surface area contributed by atoms with Gasteiger partial charge in [-0.05, 0) is 212 Å². The Morgan fingerprint density at radius 1 is 0.570 bits per heavy atom. The summed E-state index contributed by atoms with van der Waals surface area (Å²) in [7, 11) is 8.74. The van der Waals surface area contributed by atoms with E-state index >= 15 is 0 Å². The summed E-state index contributed by atoms with van der Waals surface area (Å²) >= 11 is 14.9. The quantitative estimate of drug-likeness (QED) is 0.0767. The summed E-state index contributed by atoms with van der Waals surface area (Å²) in [5, 5.41) is 9.18. The van der Waals surface area contributed by atoms with Crippen LogP contribution in [-0.4, -0.2) is 159 Å². The first-order valence-electron chi connectivity index (χ1n) is 27.3. The van der Waals surface area contributed by atoms with Gasteiger partial charge in [0.1, 0.15) is 22.8 Å². The number of hydrogen-bond acceptors (Lipinski definition) is 12. The van der Waals surface area contributed by atoms with Crippen LogP contribution in [0.1, 0.15) is 51.7 Å². The summed E-state index contributed by atoms with van der Waals surface area (Å²) in [5.41, 5.74) is 17.5. The topological polar surface area (TPSA) is 133 Å². The lowest BCUT2D eigenvalue weighted by Crippen LogP contribution is -2.44. The average Bonchev–Trinajstić information content (AvgIpc) is 4.25. The maximum absolute atomic E-state index is 6.42. The van der Waals surface area contributed by atoms with Crippen molar-refractivity contribution in [1.29, 1.82) is 0 Å². The minimum Gasteiger partial charge on any atom is -0.491 e. The number of piperazine rings is 2. The molecule has 4 aliphatic heterocycles. The smallest absolute Gasteiger partial charge is 0.143 e. The van der Waals surface area contributed by atoms with Gasteiger partial charge in [0, 0.05) is 118 Å². The number of likely N-dealkylation sites (tertiary alicyclic amines) is 2. The second kappa shape index (κ2) is 27.0. The number of nitrogens with zero attached hydrogens (tertiary/aromatic N) is 8. The number of piperidine rings is 2. The van der Waals surface area contributed by atoms with Crippen LogP contribution in [0.2, 0.25) is 10.0 Å². The Labute approximate surface area is 492 Å². The molecule has 8 aromatic rings. The van der Waals surface area contributed by atoms with E-state index in [1.54, 1.807) is 12.4 Å². The van der Waals surface area contributed by atoms with Crippen LogP contribution in [0, 0.1) is 29.3 Å². The molecule has 79 heavy (non-hydrogen) atoms. The molecular weight excluding hydrogens is 1140 g/mol. The summed E-state index contributed by atoms with van der Waals surface area (Å²) in [6.07, 6.45) is 8.11. The first-order valence-corrected chi connectivity index (χ1v) is 29.1. The van der Waals surface area contributed by atoms with Crippen molar-refractivity contribution in [3.05, 3.63) is 110 Å². The van der Waals surface area contributed by atoms with Crippen LogP contribution in [-0.2, 0) is 0 Å². The van der Waals surface area contributed by atoms with E-state index in [-0.39, 0.29) is 14.9 Å². The zero-order chi connectivity index (χ0) is 53.7. The predicted molar refractivity (Wildman–Crippen MR) is 344 cm³/mol. The van der Waals surface area contributed by atoms with E-state index in [1.165, 1.54) is 51.8 Å². The van der Waals surface area contributed by atoms with Gasteiger partial charge in [-0.1, -0.05) is 38.1 Å². The van der Waals surface area contributed by atoms with E-state index < -0.39 is 0 Å². The van der Waals surface area contributed by atoms with Crippen LogP contribution < -0.4 is 30.3 Å². The lowest BCUT2D eigenvalue weighted by molar-refractivity contribution is 0.161. The van der Waals surface area contributed by atoms with Gasteiger partial charge < -0.3 is 59.9 Å². The Hall–Kier alpha value is -5.27. The van der Waals surface area contributed by atoms with Gasteiger partial charge in [0.25, 0.3) is 0 Å². The number of fused-ring (bicyclic) bond motifs is 6. The molecule has 0 aliphatic carbocycles. The number of nitrogens with two attached hydrogens (primary N) is 1. The highest BCUT2D eigenvalue weighted by molar-refractivity contribution is 14.1. The lowest BCUT2D eigenvalue weighted by atomic mass is 9.98. The minimum atomic E-state index is 0. The zero-order valence-corrected chi connectivity index (χ0v) is 49.2. The molecule has 17 heteroatoms. The Morgan fingerprint density at radius 2 is 1.01 bits per heavy atom. The van der Waals surface area contributed by atoms with E-state index in [4.69, 9.17) is 38.4 Å². The van der Waals surface area contributed by atoms with Gasteiger partial charge in [0.05, 0.1) is 34.3 Å². The molecule has 0 radical (unpaired) electrons. The van der Waals surface area contributed by atoms with Crippen LogP contribution in [0.5, 0.6) is 11.5 Å². The minimum absolute atomic E-state index is 0. The van der Waals surface area contributed by atoms with Gasteiger partial charge in [-0.15, -0.1) is 0 Å². The van der Waals surface area contributed by atoms with Crippen molar-refractivity contribution < 1.29 is 9.47 Å². The number of anilines is 5. The number of likely N-dealkylation sites (N-methyl/N-ethyl adjacent to an activating group) is 2. The van der Waals surface area contributed by atoms with Gasteiger partial charge in [-0.25, -0.2) is 9.97 Å². The van der Waals surface area contributed by atoms with Gasteiger partial charge in [-0.2, -0.15) is 0 Å². The summed E-state index contributed by atoms with van der Waals surface area (Å²) < 4.78 is 13.8. The molecule has 0 spiro atoms. The summed E-state index contributed by atoms with van der Waals surface area (Å²) in [4.78, 5) is 30.3. The van der Waals surface area contributed by atoms with Crippen molar-refractivity contribution >= 4 is 118 Å². The number of H-pyrrole nitrogens is 2. The predicted octanol–water partition coefficient (Wildman–Crippen LogP) is 13.2. The van der Waals surface area contributed by atoms with Crippen LogP contribution in [0.3, 0.4) is 0 Å². The molecule has 424 valence electrons. The molecule has 0 unspecified atom stereocenters. The molecule has 4 aromatic carbocycles. The Kier molecular flexibility index (Phi) is 20.5. The number of aryl methyl sites for hydroxylation is 2. The summed E-state index contributed by atoms with van der Waals surface area (Å²) in [6, 6.07) is 25.1. The summed E-state index contributed by atoms with van der Waals surface area (Å²) in [6.45, 7) is 19.2. The van der Waals surface area contributed by atoms with E-state index in [0.717, 1.165) is 164 Å².